The molecule has 0 aliphatic heterocycles. The van der Waals surface area contributed by atoms with E-state index in [9.17, 15) is 5.11 Å². The van der Waals surface area contributed by atoms with E-state index < -0.39 is 0 Å². The van der Waals surface area contributed by atoms with Crippen LogP contribution in [0.3, 0.4) is 0 Å². The summed E-state index contributed by atoms with van der Waals surface area (Å²) in [5.41, 5.74) is 0. The van der Waals surface area contributed by atoms with Gasteiger partial charge in [-0.2, -0.15) is 0 Å². The highest BCUT2D eigenvalue weighted by Crippen LogP contribution is 2.14. The molecule has 0 spiro atoms. The van der Waals surface area contributed by atoms with E-state index in [4.69, 9.17) is 0 Å². The number of aliphatic hydroxyl groups is 1. The van der Waals surface area contributed by atoms with Crippen LogP contribution in [0.5, 0.6) is 0 Å². The fourth-order valence-corrected chi connectivity index (χ4v) is 1.09. The fraction of sp³-hybridized carbons (Fsp3) is 1.00. The quantitative estimate of drug-likeness (QED) is 0.652. The van der Waals surface area contributed by atoms with E-state index >= 15 is 0 Å². The van der Waals surface area contributed by atoms with Gasteiger partial charge in [0.25, 0.3) is 0 Å². The molecule has 0 aliphatic carbocycles. The molecule has 0 radical (unpaired) electrons. The van der Waals surface area contributed by atoms with E-state index in [1.54, 1.807) is 0 Å². The molecule has 2 unspecified atom stereocenters. The Morgan fingerprint density at radius 2 is 1.55 bits per heavy atom. The van der Waals surface area contributed by atoms with Gasteiger partial charge >= 0.3 is 0 Å². The summed E-state index contributed by atoms with van der Waals surface area (Å²) in [5, 5.41) is 9.19. The van der Waals surface area contributed by atoms with Crippen LogP contribution in [0.1, 0.15) is 47.0 Å². The minimum atomic E-state index is -0.137. The molecule has 1 heteroatoms. The molecule has 0 heterocycles. The molecule has 1 N–H and O–H groups in total. The Morgan fingerprint density at radius 1 is 1.00 bits per heavy atom. The largest absolute Gasteiger partial charge is 0.393 e. The van der Waals surface area contributed by atoms with Crippen LogP contribution >= 0.6 is 0 Å². The summed E-state index contributed by atoms with van der Waals surface area (Å²) in [6.45, 7) is 8.48. The van der Waals surface area contributed by atoms with Gasteiger partial charge in [-0.15, -0.1) is 0 Å². The van der Waals surface area contributed by atoms with Crippen LogP contribution in [0.2, 0.25) is 0 Å². The van der Waals surface area contributed by atoms with Gasteiger partial charge in [0.15, 0.2) is 0 Å². The van der Waals surface area contributed by atoms with Crippen LogP contribution < -0.4 is 0 Å². The average Bonchev–Trinajstić information content (AvgIpc) is 1.86. The van der Waals surface area contributed by atoms with Crippen molar-refractivity contribution >= 4 is 0 Å². The zero-order valence-electron chi connectivity index (χ0n) is 8.30. The molecule has 0 fully saturated rings. The van der Waals surface area contributed by atoms with Gasteiger partial charge in [-0.05, 0) is 25.2 Å². The van der Waals surface area contributed by atoms with Crippen LogP contribution in [0.25, 0.3) is 0 Å². The van der Waals surface area contributed by atoms with Crippen molar-refractivity contribution in [1.29, 1.82) is 0 Å². The lowest BCUT2D eigenvalue weighted by molar-refractivity contribution is 0.127. The second-order valence-electron chi connectivity index (χ2n) is 4.04. The van der Waals surface area contributed by atoms with Crippen LogP contribution in [0, 0.1) is 11.8 Å². The van der Waals surface area contributed by atoms with Crippen LogP contribution in [0.4, 0.5) is 0 Å². The highest BCUT2D eigenvalue weighted by molar-refractivity contribution is 4.59. The molecule has 1 nitrogen and oxygen atoms in total. The van der Waals surface area contributed by atoms with E-state index in [1.165, 1.54) is 12.8 Å². The van der Waals surface area contributed by atoms with E-state index in [0.29, 0.717) is 5.92 Å². The third-order valence-electron chi connectivity index (χ3n) is 2.26. The van der Waals surface area contributed by atoms with Crippen molar-refractivity contribution in [2.24, 2.45) is 11.8 Å². The zero-order valence-corrected chi connectivity index (χ0v) is 8.30. The Morgan fingerprint density at radius 3 is 1.91 bits per heavy atom. The topological polar surface area (TPSA) is 20.2 Å². The smallest absolute Gasteiger partial charge is 0.0537 e. The molecule has 0 aromatic carbocycles. The molecular weight excluding hydrogens is 136 g/mol. The maximum absolute atomic E-state index is 9.19. The molecule has 0 saturated carbocycles. The molecule has 68 valence electrons. The summed E-state index contributed by atoms with van der Waals surface area (Å²) in [5.74, 6) is 1.27. The summed E-state index contributed by atoms with van der Waals surface area (Å²) in [4.78, 5) is 0. The van der Waals surface area contributed by atoms with E-state index in [0.717, 1.165) is 12.3 Å². The molecule has 0 bridgehead atoms. The van der Waals surface area contributed by atoms with Crippen molar-refractivity contribution < 1.29 is 5.11 Å². The highest BCUT2D eigenvalue weighted by Gasteiger charge is 2.07. The monoisotopic (exact) mass is 158 g/mol. The first-order valence-corrected chi connectivity index (χ1v) is 4.72. The molecule has 0 aromatic rings. The van der Waals surface area contributed by atoms with Gasteiger partial charge in [0.2, 0.25) is 0 Å². The molecular formula is C10H22O. The maximum atomic E-state index is 9.19. The maximum Gasteiger partial charge on any atom is 0.0537 e. The van der Waals surface area contributed by atoms with Crippen molar-refractivity contribution in [3.63, 3.8) is 0 Å². The summed E-state index contributed by atoms with van der Waals surface area (Å²) in [6, 6.07) is 0. The zero-order chi connectivity index (χ0) is 8.85. The fourth-order valence-electron chi connectivity index (χ4n) is 1.09. The van der Waals surface area contributed by atoms with Crippen molar-refractivity contribution in [3.8, 4) is 0 Å². The summed E-state index contributed by atoms with van der Waals surface area (Å²) < 4.78 is 0. The predicted molar refractivity (Wildman–Crippen MR) is 49.5 cm³/mol. The van der Waals surface area contributed by atoms with Crippen molar-refractivity contribution in [2.45, 2.75) is 53.1 Å². The summed E-state index contributed by atoms with van der Waals surface area (Å²) >= 11 is 0. The number of hydrogen-bond acceptors (Lipinski definition) is 1. The van der Waals surface area contributed by atoms with Gasteiger partial charge in [-0.1, -0.05) is 33.6 Å². The van der Waals surface area contributed by atoms with Gasteiger partial charge in [0.1, 0.15) is 0 Å². The van der Waals surface area contributed by atoms with E-state index in [1.807, 2.05) is 6.92 Å². The molecule has 2 atom stereocenters. The molecule has 0 amide bonds. The van der Waals surface area contributed by atoms with Crippen LogP contribution in [-0.4, -0.2) is 11.2 Å². The van der Waals surface area contributed by atoms with Gasteiger partial charge < -0.3 is 5.11 Å². The first kappa shape index (κ1) is 11.0. The first-order chi connectivity index (χ1) is 5.04. The Balaban J connectivity index is 3.24. The summed E-state index contributed by atoms with van der Waals surface area (Å²) in [7, 11) is 0. The van der Waals surface area contributed by atoms with Gasteiger partial charge in [-0.25, -0.2) is 0 Å². The molecule has 11 heavy (non-hydrogen) atoms. The van der Waals surface area contributed by atoms with E-state index in [-0.39, 0.29) is 6.10 Å². The van der Waals surface area contributed by atoms with Gasteiger partial charge in [-0.3, -0.25) is 0 Å². The van der Waals surface area contributed by atoms with Crippen molar-refractivity contribution in [1.82, 2.24) is 0 Å². The Bertz CT molecular complexity index is 86.9. The number of hydrogen-bond donors (Lipinski definition) is 1. The lowest BCUT2D eigenvalue weighted by atomic mass is 9.96. The predicted octanol–water partition coefficient (Wildman–Crippen LogP) is 2.83. The molecule has 0 saturated heterocycles. The Kier molecular flexibility index (Phi) is 5.57. The van der Waals surface area contributed by atoms with E-state index in [2.05, 4.69) is 20.8 Å². The lowest BCUT2D eigenvalue weighted by Gasteiger charge is -2.14. The van der Waals surface area contributed by atoms with Gasteiger partial charge in [0.05, 0.1) is 6.10 Å². The van der Waals surface area contributed by atoms with Crippen LogP contribution in [-0.2, 0) is 0 Å². The van der Waals surface area contributed by atoms with Crippen LogP contribution in [0.15, 0.2) is 0 Å². The normalized spacial score (nSPS) is 16.9. The number of rotatable bonds is 5. The van der Waals surface area contributed by atoms with Gasteiger partial charge in [0, 0.05) is 0 Å². The molecule has 0 aromatic heterocycles. The summed E-state index contributed by atoms with van der Waals surface area (Å²) in [6.07, 6.45) is 3.57. The Labute approximate surface area is 70.8 Å². The Hall–Kier alpha value is -0.0400. The minimum Gasteiger partial charge on any atom is -0.393 e. The second-order valence-corrected chi connectivity index (χ2v) is 4.04. The number of aliphatic hydroxyl groups excluding tert-OH is 1. The first-order valence-electron chi connectivity index (χ1n) is 4.72. The van der Waals surface area contributed by atoms with Crippen molar-refractivity contribution in [3.05, 3.63) is 0 Å². The third kappa shape index (κ3) is 6.36. The minimum absolute atomic E-state index is 0.137. The molecule has 0 aliphatic rings. The highest BCUT2D eigenvalue weighted by atomic mass is 16.3. The second kappa shape index (κ2) is 5.59. The average molecular weight is 158 g/mol. The lowest BCUT2D eigenvalue weighted by Crippen LogP contribution is -2.12. The van der Waals surface area contributed by atoms with Crippen molar-refractivity contribution in [2.75, 3.05) is 0 Å². The standard InChI is InChI=1S/C10H22O/c1-8(2)6-5-7-9(3)10(4)11/h8-11H,5-7H2,1-4H3. The molecule has 0 rings (SSSR count). The third-order valence-corrected chi connectivity index (χ3v) is 2.26. The SMILES string of the molecule is CC(C)CCCC(C)C(C)O.